The van der Waals surface area contributed by atoms with Crippen molar-refractivity contribution in [2.75, 3.05) is 26.2 Å². The fourth-order valence-electron chi connectivity index (χ4n) is 2.55. The highest BCUT2D eigenvalue weighted by atomic mass is 32.2. The molecule has 1 aromatic carbocycles. The van der Waals surface area contributed by atoms with Gasteiger partial charge in [0.2, 0.25) is 10.0 Å². The minimum Gasteiger partial charge on any atom is -0.455 e. The number of amides is 1. The molecule has 9 heteroatoms. The van der Waals surface area contributed by atoms with E-state index in [0.717, 1.165) is 37.1 Å². The van der Waals surface area contributed by atoms with Crippen molar-refractivity contribution in [2.45, 2.75) is 24.7 Å². The first-order chi connectivity index (χ1) is 11.8. The van der Waals surface area contributed by atoms with Gasteiger partial charge in [-0.25, -0.2) is 12.8 Å². The van der Waals surface area contributed by atoms with Gasteiger partial charge in [0.25, 0.3) is 5.91 Å². The molecular formula is C16H21FN2O5S. The third-order valence-electron chi connectivity index (χ3n) is 3.90. The van der Waals surface area contributed by atoms with Crippen molar-refractivity contribution in [3.63, 3.8) is 0 Å². The van der Waals surface area contributed by atoms with Crippen molar-refractivity contribution in [1.82, 2.24) is 9.62 Å². The van der Waals surface area contributed by atoms with Crippen LogP contribution in [-0.4, -0.2) is 51.4 Å². The van der Waals surface area contributed by atoms with E-state index in [-0.39, 0.29) is 10.8 Å². The summed E-state index contributed by atoms with van der Waals surface area (Å²) in [6.45, 7) is 2.30. The molecule has 1 atom stereocenters. The average Bonchev–Trinajstić information content (AvgIpc) is 2.58. The second kappa shape index (κ2) is 8.39. The fourth-order valence-corrected chi connectivity index (χ4v) is 3.52. The highest BCUT2D eigenvalue weighted by Gasteiger charge is 2.22. The van der Waals surface area contributed by atoms with Crippen LogP contribution in [0.15, 0.2) is 29.2 Å². The van der Waals surface area contributed by atoms with E-state index in [1.807, 2.05) is 0 Å². The molecule has 0 radical (unpaired) electrons. The van der Waals surface area contributed by atoms with E-state index in [0.29, 0.717) is 19.0 Å². The van der Waals surface area contributed by atoms with Crippen LogP contribution in [0.25, 0.3) is 0 Å². The topological polar surface area (TPSA) is 92.8 Å². The Bertz CT molecular complexity index is 721. The van der Waals surface area contributed by atoms with Gasteiger partial charge < -0.3 is 9.64 Å². The molecule has 0 bridgehead atoms. The summed E-state index contributed by atoms with van der Waals surface area (Å²) in [5.74, 6) is -1.30. The third-order valence-corrected chi connectivity index (χ3v) is 5.31. The van der Waals surface area contributed by atoms with Crippen molar-refractivity contribution in [1.29, 1.82) is 0 Å². The first-order valence-electron chi connectivity index (χ1n) is 7.96. The molecule has 1 aliphatic rings. The Kier molecular flexibility index (Phi) is 6.49. The zero-order chi connectivity index (χ0) is 18.4. The largest absolute Gasteiger partial charge is 0.455 e. The van der Waals surface area contributed by atoms with Gasteiger partial charge in [-0.05, 0) is 43.0 Å². The van der Waals surface area contributed by atoms with Gasteiger partial charge in [-0.2, -0.15) is 4.72 Å². The number of carbonyl (C=O) groups is 2. The van der Waals surface area contributed by atoms with Gasteiger partial charge in [0.1, 0.15) is 12.4 Å². The summed E-state index contributed by atoms with van der Waals surface area (Å²) < 4.78 is 43.6. The molecule has 0 saturated carbocycles. The zero-order valence-electron chi connectivity index (χ0n) is 13.9. The van der Waals surface area contributed by atoms with Gasteiger partial charge in [0.05, 0.1) is 4.90 Å². The molecule has 2 rings (SSSR count). The summed E-state index contributed by atoms with van der Waals surface area (Å²) in [5, 5.41) is 0. The van der Waals surface area contributed by atoms with Crippen molar-refractivity contribution >= 4 is 21.9 Å². The molecule has 0 spiro atoms. The number of carbonyl (C=O) groups excluding carboxylic acids is 2. The molecule has 1 aliphatic heterocycles. The molecule has 0 unspecified atom stereocenters. The number of hydrogen-bond acceptors (Lipinski definition) is 5. The van der Waals surface area contributed by atoms with Crippen LogP contribution in [0.3, 0.4) is 0 Å². The van der Waals surface area contributed by atoms with Gasteiger partial charge in [-0.3, -0.25) is 9.59 Å². The van der Waals surface area contributed by atoms with E-state index in [2.05, 4.69) is 11.6 Å². The predicted octanol–water partition coefficient (Wildman–Crippen LogP) is 0.906. The average molecular weight is 372 g/mol. The number of sulfonamides is 1. The molecule has 1 heterocycles. The Morgan fingerprint density at radius 3 is 2.64 bits per heavy atom. The van der Waals surface area contributed by atoms with Gasteiger partial charge in [-0.15, -0.1) is 0 Å². The van der Waals surface area contributed by atoms with E-state index >= 15 is 0 Å². The summed E-state index contributed by atoms with van der Waals surface area (Å²) in [5.41, 5.74) is 0. The molecule has 0 aliphatic carbocycles. The van der Waals surface area contributed by atoms with Crippen LogP contribution < -0.4 is 4.72 Å². The molecule has 1 saturated heterocycles. The second-order valence-electron chi connectivity index (χ2n) is 6.03. The lowest BCUT2D eigenvalue weighted by molar-refractivity contribution is -0.151. The van der Waals surface area contributed by atoms with Crippen LogP contribution in [0, 0.1) is 11.7 Å². The number of ether oxygens (including phenoxy) is 1. The maximum absolute atomic E-state index is 12.8. The standard InChI is InChI=1S/C16H21FN2O5S/c1-12-3-2-8-19(10-12)15(20)11-24-16(21)9-18-25(22,23)14-6-4-13(17)5-7-14/h4-7,12,18H,2-3,8-11H2,1H3/t12-/m0/s1. The summed E-state index contributed by atoms with van der Waals surface area (Å²) in [6.07, 6.45) is 1.98. The molecule has 1 aromatic rings. The van der Waals surface area contributed by atoms with E-state index in [1.54, 1.807) is 4.90 Å². The third kappa shape index (κ3) is 5.79. The lowest BCUT2D eigenvalue weighted by atomic mass is 10.0. The Balaban J connectivity index is 1.78. The van der Waals surface area contributed by atoms with Crippen molar-refractivity contribution in [2.24, 2.45) is 5.92 Å². The molecule has 7 nitrogen and oxygen atoms in total. The number of nitrogens with zero attached hydrogens (tertiary/aromatic N) is 1. The molecule has 0 aromatic heterocycles. The maximum Gasteiger partial charge on any atom is 0.321 e. The Labute approximate surface area is 146 Å². The number of likely N-dealkylation sites (tertiary alicyclic amines) is 1. The minimum absolute atomic E-state index is 0.167. The van der Waals surface area contributed by atoms with Crippen molar-refractivity contribution in [3.8, 4) is 0 Å². The fraction of sp³-hybridized carbons (Fsp3) is 0.500. The van der Waals surface area contributed by atoms with E-state index in [4.69, 9.17) is 4.74 Å². The van der Waals surface area contributed by atoms with Gasteiger partial charge in [0, 0.05) is 13.1 Å². The van der Waals surface area contributed by atoms with E-state index < -0.39 is 35.0 Å². The van der Waals surface area contributed by atoms with Crippen molar-refractivity contribution in [3.05, 3.63) is 30.1 Å². The van der Waals surface area contributed by atoms with Crippen molar-refractivity contribution < 1.29 is 27.1 Å². The number of rotatable bonds is 6. The Morgan fingerprint density at radius 2 is 2.00 bits per heavy atom. The number of piperidine rings is 1. The molecule has 1 N–H and O–H groups in total. The van der Waals surface area contributed by atoms with Crippen LogP contribution in [0.5, 0.6) is 0 Å². The quantitative estimate of drug-likeness (QED) is 0.749. The number of nitrogens with one attached hydrogen (secondary N) is 1. The summed E-state index contributed by atoms with van der Waals surface area (Å²) in [4.78, 5) is 25.1. The van der Waals surface area contributed by atoms with Crippen LogP contribution in [-0.2, 0) is 24.3 Å². The molecule has 1 amide bonds. The first-order valence-corrected chi connectivity index (χ1v) is 9.45. The Morgan fingerprint density at radius 1 is 1.32 bits per heavy atom. The van der Waals surface area contributed by atoms with E-state index in [1.165, 1.54) is 0 Å². The molecule has 138 valence electrons. The maximum atomic E-state index is 12.8. The first kappa shape index (κ1) is 19.3. The molecular weight excluding hydrogens is 351 g/mol. The number of hydrogen-bond donors (Lipinski definition) is 1. The number of esters is 1. The molecule has 1 fully saturated rings. The molecule has 25 heavy (non-hydrogen) atoms. The van der Waals surface area contributed by atoms with Crippen LogP contribution in [0.2, 0.25) is 0 Å². The smallest absolute Gasteiger partial charge is 0.321 e. The van der Waals surface area contributed by atoms with E-state index in [9.17, 15) is 22.4 Å². The normalized spacial score (nSPS) is 18.0. The lowest BCUT2D eigenvalue weighted by Gasteiger charge is -2.30. The highest BCUT2D eigenvalue weighted by molar-refractivity contribution is 7.89. The lowest BCUT2D eigenvalue weighted by Crippen LogP contribution is -2.42. The van der Waals surface area contributed by atoms with Gasteiger partial charge in [-0.1, -0.05) is 6.92 Å². The SMILES string of the molecule is C[C@H]1CCCN(C(=O)COC(=O)CNS(=O)(=O)c2ccc(F)cc2)C1. The van der Waals surface area contributed by atoms with Crippen LogP contribution >= 0.6 is 0 Å². The van der Waals surface area contributed by atoms with Gasteiger partial charge in [0.15, 0.2) is 6.61 Å². The van der Waals surface area contributed by atoms with Crippen LogP contribution in [0.1, 0.15) is 19.8 Å². The summed E-state index contributed by atoms with van der Waals surface area (Å²) in [7, 11) is -3.95. The summed E-state index contributed by atoms with van der Waals surface area (Å²) >= 11 is 0. The monoisotopic (exact) mass is 372 g/mol. The predicted molar refractivity (Wildman–Crippen MR) is 87.5 cm³/mol. The Hall–Kier alpha value is -2.00. The van der Waals surface area contributed by atoms with Gasteiger partial charge >= 0.3 is 5.97 Å². The summed E-state index contributed by atoms with van der Waals surface area (Å²) in [6, 6.07) is 4.18. The second-order valence-corrected chi connectivity index (χ2v) is 7.79. The minimum atomic E-state index is -3.95. The highest BCUT2D eigenvalue weighted by Crippen LogP contribution is 2.15. The number of halogens is 1. The zero-order valence-corrected chi connectivity index (χ0v) is 14.7. The van der Waals surface area contributed by atoms with Crippen LogP contribution in [0.4, 0.5) is 4.39 Å². The number of benzene rings is 1.